The summed E-state index contributed by atoms with van der Waals surface area (Å²) in [4.78, 5) is 27.9. The maximum atomic E-state index is 13.7. The number of rotatable bonds is 4. The Balaban J connectivity index is 1.44. The van der Waals surface area contributed by atoms with Crippen molar-refractivity contribution >= 4 is 35.1 Å². The van der Waals surface area contributed by atoms with Crippen molar-refractivity contribution in [2.24, 2.45) is 11.8 Å². The van der Waals surface area contributed by atoms with E-state index in [1.54, 1.807) is 33.8 Å². The molecule has 2 atom stereocenters. The van der Waals surface area contributed by atoms with Gasteiger partial charge in [-0.1, -0.05) is 30.2 Å². The van der Waals surface area contributed by atoms with E-state index < -0.39 is 0 Å². The van der Waals surface area contributed by atoms with Gasteiger partial charge in [0.25, 0.3) is 5.91 Å². The van der Waals surface area contributed by atoms with Gasteiger partial charge in [0.2, 0.25) is 5.91 Å². The number of halogens is 2. The first-order valence-corrected chi connectivity index (χ1v) is 13.4. The van der Waals surface area contributed by atoms with Gasteiger partial charge < -0.3 is 4.90 Å². The monoisotopic (exact) mass is 533 g/mol. The van der Waals surface area contributed by atoms with Crippen molar-refractivity contribution in [1.82, 2.24) is 25.1 Å². The van der Waals surface area contributed by atoms with Crippen LogP contribution in [0.5, 0.6) is 0 Å². The van der Waals surface area contributed by atoms with E-state index in [1.165, 1.54) is 38.3 Å². The van der Waals surface area contributed by atoms with E-state index in [-0.39, 0.29) is 24.2 Å². The van der Waals surface area contributed by atoms with Crippen LogP contribution in [0.15, 0.2) is 48.5 Å². The summed E-state index contributed by atoms with van der Waals surface area (Å²) in [6.45, 7) is 3.84. The van der Waals surface area contributed by atoms with Gasteiger partial charge in [0.05, 0.1) is 17.9 Å². The lowest BCUT2D eigenvalue weighted by atomic mass is 9.97. The molecule has 2 aromatic carbocycles. The molecule has 9 heteroatoms. The third-order valence-electron chi connectivity index (χ3n) is 7.93. The van der Waals surface area contributed by atoms with Crippen molar-refractivity contribution in [2.45, 2.75) is 32.7 Å². The van der Waals surface area contributed by atoms with E-state index in [2.05, 4.69) is 5.43 Å². The molecule has 6 rings (SSSR count). The van der Waals surface area contributed by atoms with Crippen LogP contribution in [0, 0.1) is 17.7 Å². The van der Waals surface area contributed by atoms with Gasteiger partial charge in [-0.3, -0.25) is 15.0 Å². The van der Waals surface area contributed by atoms with Crippen LogP contribution in [0.25, 0.3) is 17.3 Å². The normalized spacial score (nSPS) is 22.0. The topological polar surface area (TPSA) is 70.5 Å². The lowest BCUT2D eigenvalue weighted by molar-refractivity contribution is -0.128. The lowest BCUT2D eigenvalue weighted by Crippen LogP contribution is -2.42. The Hall–Kier alpha value is -3.49. The second-order valence-electron chi connectivity index (χ2n) is 10.5. The van der Waals surface area contributed by atoms with E-state index in [0.29, 0.717) is 34.7 Å². The molecule has 0 bridgehead atoms. The van der Waals surface area contributed by atoms with Crippen LogP contribution in [0.3, 0.4) is 0 Å². The minimum Gasteiger partial charge on any atom is -0.334 e. The van der Waals surface area contributed by atoms with Crippen LogP contribution >= 0.6 is 11.6 Å². The Kier molecular flexibility index (Phi) is 6.53. The van der Waals surface area contributed by atoms with E-state index in [0.717, 1.165) is 35.6 Å². The molecule has 2 unspecified atom stereocenters. The molecule has 2 fully saturated rings. The minimum atomic E-state index is -0.321. The first-order chi connectivity index (χ1) is 18.4. The molecule has 2 amide bonds. The van der Waals surface area contributed by atoms with E-state index in [9.17, 15) is 14.0 Å². The molecule has 1 aliphatic carbocycles. The molecule has 2 aliphatic heterocycles. The quantitative estimate of drug-likeness (QED) is 0.515. The molecule has 0 radical (unpaired) electrons. The molecule has 3 aliphatic rings. The van der Waals surface area contributed by atoms with Crippen molar-refractivity contribution in [1.29, 1.82) is 0 Å². The highest BCUT2D eigenvalue weighted by Crippen LogP contribution is 2.37. The van der Waals surface area contributed by atoms with E-state index in [4.69, 9.17) is 16.7 Å². The van der Waals surface area contributed by atoms with Crippen molar-refractivity contribution < 1.29 is 14.0 Å². The fourth-order valence-corrected chi connectivity index (χ4v) is 6.15. The number of nitrogens with zero attached hydrogens (tertiary/aromatic N) is 4. The van der Waals surface area contributed by atoms with Gasteiger partial charge in [0.1, 0.15) is 5.82 Å². The van der Waals surface area contributed by atoms with Gasteiger partial charge in [0.15, 0.2) is 5.69 Å². The van der Waals surface area contributed by atoms with Crippen LogP contribution in [0.2, 0.25) is 5.02 Å². The lowest BCUT2D eigenvalue weighted by Gasteiger charge is -2.29. The maximum absolute atomic E-state index is 13.7. The fraction of sp³-hybridized carbons (Fsp3) is 0.345. The fourth-order valence-electron chi connectivity index (χ4n) is 6.03. The Labute approximate surface area is 225 Å². The molecule has 1 N–H and O–H groups in total. The van der Waals surface area contributed by atoms with Crippen LogP contribution in [-0.4, -0.2) is 51.1 Å². The van der Waals surface area contributed by atoms with Crippen molar-refractivity contribution in [3.8, 4) is 5.69 Å². The Morgan fingerprint density at radius 2 is 1.71 bits per heavy atom. The molecule has 3 aromatic rings. The van der Waals surface area contributed by atoms with Crippen LogP contribution in [0.1, 0.15) is 53.5 Å². The summed E-state index contributed by atoms with van der Waals surface area (Å²) in [6.07, 6.45) is 5.61. The minimum absolute atomic E-state index is 0.0985. The summed E-state index contributed by atoms with van der Waals surface area (Å²) < 4.78 is 15.3. The van der Waals surface area contributed by atoms with Crippen LogP contribution < -0.4 is 5.43 Å². The number of nitrogens with one attached hydrogen (secondary N) is 1. The number of hydrazine groups is 1. The number of fused-ring (bicyclic) bond motifs is 2. The van der Waals surface area contributed by atoms with E-state index >= 15 is 0 Å². The summed E-state index contributed by atoms with van der Waals surface area (Å²) in [6, 6.07) is 13.5. The average Bonchev–Trinajstić information content (AvgIpc) is 3.59. The number of carbonyl (C=O) groups excluding carboxylic acids is 2. The summed E-state index contributed by atoms with van der Waals surface area (Å²) >= 11 is 6.15. The number of amides is 2. The number of hydrogen-bond donors (Lipinski definition) is 1. The number of aromatic nitrogens is 2. The summed E-state index contributed by atoms with van der Waals surface area (Å²) in [7, 11) is 0. The number of benzene rings is 2. The first-order valence-electron chi connectivity index (χ1n) is 13.0. The highest BCUT2D eigenvalue weighted by molar-refractivity contribution is 6.30. The molecule has 1 saturated carbocycles. The van der Waals surface area contributed by atoms with Crippen LogP contribution in [0.4, 0.5) is 4.39 Å². The largest absolute Gasteiger partial charge is 0.334 e. The predicted octanol–water partition coefficient (Wildman–Crippen LogP) is 4.94. The molecule has 1 aromatic heterocycles. The van der Waals surface area contributed by atoms with Gasteiger partial charge in [-0.25, -0.2) is 14.1 Å². The molecule has 0 spiro atoms. The summed E-state index contributed by atoms with van der Waals surface area (Å²) in [5, 5.41) is 7.42. The Morgan fingerprint density at radius 1 is 1.03 bits per heavy atom. The zero-order valence-electron chi connectivity index (χ0n) is 21.2. The molecule has 7 nitrogen and oxygen atoms in total. The van der Waals surface area contributed by atoms with Gasteiger partial charge in [0, 0.05) is 37.1 Å². The standard InChI is InChI=1S/C29H29ClFN5O2/c1-18(37)34-14-22(13-19-5-9-24(31)10-6-19)28-26(17-34)27(32-36(28)25-11-7-23(30)8-12-25)29(38)33-35-15-20-3-2-4-21(20)16-35/h5-13,20-21H,2-4,14-17H2,1H3,(H,33,38)/b22-13+. The molecule has 196 valence electrons. The Bertz CT molecular complexity index is 1400. The van der Waals surface area contributed by atoms with Gasteiger partial charge in [-0.05, 0) is 78.3 Å². The number of carbonyl (C=O) groups is 2. The predicted molar refractivity (Wildman–Crippen MR) is 144 cm³/mol. The van der Waals surface area contributed by atoms with Gasteiger partial charge >= 0.3 is 0 Å². The molecule has 1 saturated heterocycles. The number of hydrogen-bond acceptors (Lipinski definition) is 4. The zero-order valence-corrected chi connectivity index (χ0v) is 21.9. The van der Waals surface area contributed by atoms with Crippen molar-refractivity contribution in [2.75, 3.05) is 19.6 Å². The first kappa shape index (κ1) is 24.8. The molecular formula is C29H29ClFN5O2. The van der Waals surface area contributed by atoms with Gasteiger partial charge in [-0.2, -0.15) is 5.10 Å². The van der Waals surface area contributed by atoms with Crippen LogP contribution in [-0.2, 0) is 11.3 Å². The second-order valence-corrected chi connectivity index (χ2v) is 10.9. The second kappa shape index (κ2) is 10.0. The van der Waals surface area contributed by atoms with Crippen molar-refractivity contribution in [3.63, 3.8) is 0 Å². The smallest absolute Gasteiger partial charge is 0.286 e. The van der Waals surface area contributed by atoms with E-state index in [1.807, 2.05) is 23.2 Å². The van der Waals surface area contributed by atoms with Crippen molar-refractivity contribution in [3.05, 3.63) is 81.9 Å². The SMILES string of the molecule is CC(=O)N1C/C(=C\c2ccc(F)cc2)c2c(c(C(=O)NN3CC4CCCC4C3)nn2-c2ccc(Cl)cc2)C1. The highest BCUT2D eigenvalue weighted by Gasteiger charge is 2.38. The molecule has 3 heterocycles. The molecular weight excluding hydrogens is 505 g/mol. The zero-order chi connectivity index (χ0) is 26.4. The third kappa shape index (κ3) is 4.74. The average molecular weight is 534 g/mol. The summed E-state index contributed by atoms with van der Waals surface area (Å²) in [5.74, 6) is 0.570. The highest BCUT2D eigenvalue weighted by atomic mass is 35.5. The Morgan fingerprint density at radius 3 is 2.37 bits per heavy atom. The molecule has 38 heavy (non-hydrogen) atoms. The maximum Gasteiger partial charge on any atom is 0.286 e. The third-order valence-corrected chi connectivity index (χ3v) is 8.18. The summed E-state index contributed by atoms with van der Waals surface area (Å²) in [5.41, 5.74) is 7.19. The van der Waals surface area contributed by atoms with Gasteiger partial charge in [-0.15, -0.1) is 0 Å².